The van der Waals surface area contributed by atoms with Crippen LogP contribution in [0.1, 0.15) is 110 Å². The van der Waals surface area contributed by atoms with Crippen molar-refractivity contribution < 1.29 is 29.3 Å². The predicted molar refractivity (Wildman–Crippen MR) is 134 cm³/mol. The van der Waals surface area contributed by atoms with E-state index in [1.165, 1.54) is 51.4 Å². The Balaban J connectivity index is 2.12. The van der Waals surface area contributed by atoms with Crippen molar-refractivity contribution in [2.75, 3.05) is 19.7 Å². The highest BCUT2D eigenvalue weighted by Gasteiger charge is 2.33. The molecule has 0 aliphatic carbocycles. The molecule has 1 unspecified atom stereocenters. The molecule has 1 amide bonds. The van der Waals surface area contributed by atoms with E-state index >= 15 is 0 Å². The van der Waals surface area contributed by atoms with Crippen LogP contribution in [0.2, 0.25) is 0 Å². The summed E-state index contributed by atoms with van der Waals surface area (Å²) in [5.41, 5.74) is 0. The van der Waals surface area contributed by atoms with Crippen molar-refractivity contribution in [3.05, 3.63) is 0 Å². The van der Waals surface area contributed by atoms with Crippen LogP contribution in [0.4, 0.5) is 0 Å². The fourth-order valence-corrected chi connectivity index (χ4v) is 4.30. The van der Waals surface area contributed by atoms with Gasteiger partial charge in [-0.2, -0.15) is 0 Å². The molecule has 1 rings (SSSR count). The van der Waals surface area contributed by atoms with Gasteiger partial charge in [-0.25, -0.2) is 0 Å². The molecule has 8 nitrogen and oxygen atoms in total. The summed E-state index contributed by atoms with van der Waals surface area (Å²) in [4.78, 5) is 23.6. The third-order valence-corrected chi connectivity index (χ3v) is 6.33. The molecule has 1 fully saturated rings. The first-order valence-electron chi connectivity index (χ1n) is 13.7. The molecular weight excluding hydrogens is 436 g/mol. The van der Waals surface area contributed by atoms with Crippen molar-refractivity contribution in [3.63, 3.8) is 0 Å². The smallest absolute Gasteiger partial charge is 0.320 e. The molecule has 4 N–H and O–H groups in total. The van der Waals surface area contributed by atoms with E-state index in [1.54, 1.807) is 0 Å². The lowest BCUT2D eigenvalue weighted by molar-refractivity contribution is -0.215. The molecule has 34 heavy (non-hydrogen) atoms. The van der Waals surface area contributed by atoms with Gasteiger partial charge >= 0.3 is 5.97 Å². The van der Waals surface area contributed by atoms with E-state index < -0.39 is 30.5 Å². The normalized spacial score (nSPS) is 21.3. The fourth-order valence-electron chi connectivity index (χ4n) is 4.30. The van der Waals surface area contributed by atoms with Gasteiger partial charge in [0.15, 0.2) is 6.29 Å². The molecule has 0 aromatic carbocycles. The van der Waals surface area contributed by atoms with Crippen molar-refractivity contribution in [3.8, 4) is 0 Å². The van der Waals surface area contributed by atoms with Crippen LogP contribution in [0.15, 0.2) is 0 Å². The summed E-state index contributed by atoms with van der Waals surface area (Å²) in [6.07, 6.45) is 13.3. The Morgan fingerprint density at radius 1 is 0.941 bits per heavy atom. The van der Waals surface area contributed by atoms with E-state index in [4.69, 9.17) is 14.6 Å². The van der Waals surface area contributed by atoms with Crippen LogP contribution in [-0.2, 0) is 19.1 Å². The fraction of sp³-hybridized carbons (Fsp3) is 0.923. The number of likely N-dealkylation sites (N-methyl/N-ethyl adjacent to an activating group) is 1. The highest BCUT2D eigenvalue weighted by molar-refractivity contribution is 5.80. The minimum absolute atomic E-state index is 0.243. The summed E-state index contributed by atoms with van der Waals surface area (Å²) in [6.45, 7) is 5.77. The zero-order valence-corrected chi connectivity index (χ0v) is 21.6. The summed E-state index contributed by atoms with van der Waals surface area (Å²) in [7, 11) is 0. The monoisotopic (exact) mass is 486 g/mol. The molecule has 0 aromatic rings. The van der Waals surface area contributed by atoms with Gasteiger partial charge in [-0.05, 0) is 32.2 Å². The number of amides is 1. The lowest BCUT2D eigenvalue weighted by Gasteiger charge is -2.32. The third kappa shape index (κ3) is 14.9. The molecule has 1 aliphatic heterocycles. The molecule has 0 spiro atoms. The number of carboxylic acid groups (broad SMARTS) is 1. The molecule has 1 heterocycles. The van der Waals surface area contributed by atoms with Crippen molar-refractivity contribution in [2.24, 2.45) is 0 Å². The lowest BCUT2D eigenvalue weighted by atomic mass is 10.0. The molecule has 1 aliphatic rings. The van der Waals surface area contributed by atoms with Crippen LogP contribution >= 0.6 is 0 Å². The van der Waals surface area contributed by atoms with E-state index in [0.717, 1.165) is 12.8 Å². The molecule has 0 radical (unpaired) electrons. The molecular formula is C26H50N2O6. The van der Waals surface area contributed by atoms with E-state index in [-0.39, 0.29) is 12.3 Å². The molecule has 4 atom stereocenters. The molecule has 200 valence electrons. The minimum atomic E-state index is -0.848. The topological polar surface area (TPSA) is 117 Å². The Morgan fingerprint density at radius 2 is 1.59 bits per heavy atom. The van der Waals surface area contributed by atoms with Gasteiger partial charge < -0.3 is 30.3 Å². The minimum Gasteiger partial charge on any atom is -0.480 e. The number of ether oxygens (including phenoxy) is 2. The predicted octanol–water partition coefficient (Wildman–Crippen LogP) is 4.14. The lowest BCUT2D eigenvalue weighted by Crippen LogP contribution is -2.46. The number of hydrogen-bond acceptors (Lipinski definition) is 6. The van der Waals surface area contributed by atoms with Gasteiger partial charge in [0.05, 0.1) is 6.10 Å². The largest absolute Gasteiger partial charge is 0.480 e. The quantitative estimate of drug-likeness (QED) is 0.180. The summed E-state index contributed by atoms with van der Waals surface area (Å²) in [6, 6.07) is -0.550. The van der Waals surface area contributed by atoms with Gasteiger partial charge in [0, 0.05) is 26.0 Å². The summed E-state index contributed by atoms with van der Waals surface area (Å²) in [5.74, 6) is -1.09. The van der Waals surface area contributed by atoms with Gasteiger partial charge in [0.2, 0.25) is 5.91 Å². The summed E-state index contributed by atoms with van der Waals surface area (Å²) < 4.78 is 11.6. The van der Waals surface area contributed by atoms with Gasteiger partial charge in [-0.3, -0.25) is 9.59 Å². The first kappa shape index (κ1) is 30.8. The number of aliphatic hydroxyl groups excluding tert-OH is 1. The number of carbonyl (C=O) groups is 2. The first-order chi connectivity index (χ1) is 16.5. The zero-order chi connectivity index (χ0) is 25.0. The molecule has 0 aromatic heterocycles. The summed E-state index contributed by atoms with van der Waals surface area (Å²) in [5, 5.41) is 25.1. The first-order valence-corrected chi connectivity index (χ1v) is 13.7. The number of hydrogen-bond donors (Lipinski definition) is 4. The molecule has 0 bridgehead atoms. The van der Waals surface area contributed by atoms with Crippen LogP contribution in [0.5, 0.6) is 0 Å². The standard InChI is InChI=1S/C26H50N2O6/c1-3-5-6-7-8-9-10-11-12-15-18-33-24-20-21(29)19-23(34-24)25(30)28-17-14-13-16-22(26(31)32)27-4-2/h21-24,27,29H,3-20H2,1-2H3,(H,28,30)(H,31,32)/t21-,22?,23-,24+/m0/s1. The number of aliphatic carboxylic acids is 1. The van der Waals surface area contributed by atoms with E-state index in [9.17, 15) is 14.7 Å². The Morgan fingerprint density at radius 3 is 2.21 bits per heavy atom. The van der Waals surface area contributed by atoms with Gasteiger partial charge in [-0.15, -0.1) is 0 Å². The maximum Gasteiger partial charge on any atom is 0.320 e. The molecule has 8 heteroatoms. The van der Waals surface area contributed by atoms with Crippen molar-refractivity contribution in [2.45, 2.75) is 135 Å². The zero-order valence-electron chi connectivity index (χ0n) is 21.6. The Hall–Kier alpha value is -1.22. The Kier molecular flexibility index (Phi) is 18.1. The van der Waals surface area contributed by atoms with Crippen molar-refractivity contribution in [1.82, 2.24) is 10.6 Å². The van der Waals surface area contributed by atoms with Crippen LogP contribution in [0, 0.1) is 0 Å². The van der Waals surface area contributed by atoms with E-state index in [0.29, 0.717) is 45.4 Å². The molecule has 0 saturated carbocycles. The second-order valence-electron chi connectivity index (χ2n) is 9.47. The Labute approximate surface area is 206 Å². The number of aliphatic hydroxyl groups is 1. The van der Waals surface area contributed by atoms with Crippen LogP contribution in [0.25, 0.3) is 0 Å². The average molecular weight is 487 g/mol. The average Bonchev–Trinajstić information content (AvgIpc) is 2.81. The van der Waals surface area contributed by atoms with E-state index in [1.807, 2.05) is 6.92 Å². The van der Waals surface area contributed by atoms with Crippen LogP contribution in [-0.4, -0.2) is 66.3 Å². The van der Waals surface area contributed by atoms with Gasteiger partial charge in [-0.1, -0.05) is 71.6 Å². The molecule has 1 saturated heterocycles. The number of unbranched alkanes of at least 4 members (excludes halogenated alkanes) is 10. The number of carbonyl (C=O) groups excluding carboxylic acids is 1. The second kappa shape index (κ2) is 20.0. The summed E-state index contributed by atoms with van der Waals surface area (Å²) >= 11 is 0. The van der Waals surface area contributed by atoms with Crippen LogP contribution in [0.3, 0.4) is 0 Å². The number of nitrogens with one attached hydrogen (secondary N) is 2. The van der Waals surface area contributed by atoms with Crippen molar-refractivity contribution >= 4 is 11.9 Å². The van der Waals surface area contributed by atoms with Gasteiger partial charge in [0.1, 0.15) is 12.1 Å². The maximum absolute atomic E-state index is 12.4. The highest BCUT2D eigenvalue weighted by Crippen LogP contribution is 2.21. The van der Waals surface area contributed by atoms with Gasteiger partial charge in [0.25, 0.3) is 0 Å². The Bertz CT molecular complexity index is 533. The highest BCUT2D eigenvalue weighted by atomic mass is 16.7. The second-order valence-corrected chi connectivity index (χ2v) is 9.47. The third-order valence-electron chi connectivity index (χ3n) is 6.33. The van der Waals surface area contributed by atoms with E-state index in [2.05, 4.69) is 17.6 Å². The van der Waals surface area contributed by atoms with Crippen molar-refractivity contribution in [1.29, 1.82) is 0 Å². The van der Waals surface area contributed by atoms with Crippen LogP contribution < -0.4 is 10.6 Å². The number of carboxylic acids is 1. The number of rotatable bonds is 21. The maximum atomic E-state index is 12.4. The SMILES string of the molecule is CCCCCCCCCCCCO[C@H]1C[C@@H](O)C[C@@H](C(=O)NCCCCC(NCC)C(=O)O)O1.